The molecule has 3 heterocycles. The van der Waals surface area contributed by atoms with E-state index >= 15 is 0 Å². The molecule has 1 N–H and O–H groups in total. The number of hydrogen-bond acceptors (Lipinski definition) is 2. The van der Waals surface area contributed by atoms with E-state index in [1.54, 1.807) is 0 Å². The highest BCUT2D eigenvalue weighted by Gasteiger charge is 2.39. The van der Waals surface area contributed by atoms with Crippen molar-refractivity contribution in [3.05, 3.63) is 58.9 Å². The lowest BCUT2D eigenvalue weighted by Crippen LogP contribution is -2.42. The number of aromatic nitrogens is 1. The fourth-order valence-corrected chi connectivity index (χ4v) is 4.92. The molecule has 0 spiro atoms. The van der Waals surface area contributed by atoms with Gasteiger partial charge in [-0.2, -0.15) is 0 Å². The zero-order valence-electron chi connectivity index (χ0n) is 16.4. The summed E-state index contributed by atoms with van der Waals surface area (Å²) in [5.41, 5.74) is 4.39. The Morgan fingerprint density at radius 3 is 2.56 bits per heavy atom. The van der Waals surface area contributed by atoms with Crippen LogP contribution in [-0.4, -0.2) is 40.5 Å². The normalized spacial score (nSPS) is 22.9. The number of halogens is 1. The number of fused-ring (bicyclic) bond motifs is 2. The van der Waals surface area contributed by atoms with Crippen molar-refractivity contribution in [2.45, 2.75) is 58.2 Å². The highest BCUT2D eigenvalue weighted by molar-refractivity contribution is 5.96. The number of nitrogens with one attached hydrogen (secondary N) is 1. The van der Waals surface area contributed by atoms with Crippen LogP contribution in [0.25, 0.3) is 0 Å². The quantitative estimate of drug-likeness (QED) is 0.860. The fraction of sp³-hybridized carbons (Fsp3) is 0.500. The number of nitrogens with zero attached hydrogens (tertiary/aromatic N) is 2. The van der Waals surface area contributed by atoms with Gasteiger partial charge in [-0.3, -0.25) is 4.79 Å². The van der Waals surface area contributed by atoms with Crippen LogP contribution in [0.3, 0.4) is 0 Å². The summed E-state index contributed by atoms with van der Waals surface area (Å²) in [6.45, 7) is 8.37. The van der Waals surface area contributed by atoms with Crippen LogP contribution in [0.15, 0.2) is 36.4 Å². The Kier molecular flexibility index (Phi) is 5.97. The number of benzene rings is 1. The molecule has 27 heavy (non-hydrogen) atoms. The van der Waals surface area contributed by atoms with Gasteiger partial charge in [-0.15, -0.1) is 12.4 Å². The van der Waals surface area contributed by atoms with E-state index in [1.807, 2.05) is 6.07 Å². The average Bonchev–Trinajstić information content (AvgIpc) is 3.08. The summed E-state index contributed by atoms with van der Waals surface area (Å²) in [4.78, 5) is 15.6. The standard InChI is InChI=1S/C22H29N3O.ClH/c1-15-13-21(17(3)24(15)16(2)18-7-5-4-6-8-18)22(26)25-19-9-10-20(25)14-23-12-11-19;/h4-8,13,16,19-20,23H,9-12,14H2,1-3H3;1H. The third kappa shape index (κ3) is 3.53. The Labute approximate surface area is 168 Å². The van der Waals surface area contributed by atoms with Gasteiger partial charge in [0, 0.05) is 30.0 Å². The molecular formula is C22H30ClN3O. The zero-order valence-corrected chi connectivity index (χ0v) is 17.3. The van der Waals surface area contributed by atoms with Gasteiger partial charge in [-0.25, -0.2) is 0 Å². The summed E-state index contributed by atoms with van der Waals surface area (Å²) in [5, 5.41) is 3.49. The molecule has 2 aliphatic heterocycles. The maximum absolute atomic E-state index is 13.4. The Morgan fingerprint density at radius 1 is 1.11 bits per heavy atom. The van der Waals surface area contributed by atoms with E-state index < -0.39 is 0 Å². The maximum Gasteiger partial charge on any atom is 0.256 e. The second-order valence-electron chi connectivity index (χ2n) is 7.83. The molecular weight excluding hydrogens is 358 g/mol. The van der Waals surface area contributed by atoms with Crippen LogP contribution >= 0.6 is 12.4 Å². The number of rotatable bonds is 3. The van der Waals surface area contributed by atoms with Crippen molar-refractivity contribution >= 4 is 18.3 Å². The molecule has 5 heteroatoms. The summed E-state index contributed by atoms with van der Waals surface area (Å²) in [5.74, 6) is 0.223. The first-order valence-electron chi connectivity index (χ1n) is 9.84. The molecule has 2 aliphatic rings. The van der Waals surface area contributed by atoms with Crippen LogP contribution in [-0.2, 0) is 0 Å². The van der Waals surface area contributed by atoms with Gasteiger partial charge in [0.25, 0.3) is 5.91 Å². The highest BCUT2D eigenvalue weighted by Crippen LogP contribution is 2.32. The van der Waals surface area contributed by atoms with Gasteiger partial charge >= 0.3 is 0 Å². The van der Waals surface area contributed by atoms with E-state index in [0.717, 1.165) is 49.3 Å². The number of carbonyl (C=O) groups excluding carboxylic acids is 1. The molecule has 4 nitrogen and oxygen atoms in total. The van der Waals surface area contributed by atoms with Crippen molar-refractivity contribution in [3.8, 4) is 0 Å². The van der Waals surface area contributed by atoms with Crippen molar-refractivity contribution < 1.29 is 4.79 Å². The van der Waals surface area contributed by atoms with Crippen molar-refractivity contribution in [2.75, 3.05) is 13.1 Å². The molecule has 2 bridgehead atoms. The summed E-state index contributed by atoms with van der Waals surface area (Å²) >= 11 is 0. The van der Waals surface area contributed by atoms with Gasteiger partial charge in [-0.05, 0) is 58.2 Å². The lowest BCUT2D eigenvalue weighted by Gasteiger charge is -2.28. The van der Waals surface area contributed by atoms with Crippen molar-refractivity contribution in [2.24, 2.45) is 0 Å². The van der Waals surface area contributed by atoms with Crippen LogP contribution in [0.5, 0.6) is 0 Å². The zero-order chi connectivity index (χ0) is 18.3. The molecule has 4 rings (SSSR count). The van der Waals surface area contributed by atoms with Crippen LogP contribution in [0.4, 0.5) is 0 Å². The molecule has 3 unspecified atom stereocenters. The molecule has 2 fully saturated rings. The van der Waals surface area contributed by atoms with Gasteiger partial charge in [-0.1, -0.05) is 30.3 Å². The van der Waals surface area contributed by atoms with E-state index in [4.69, 9.17) is 0 Å². The SMILES string of the molecule is Cc1cc(C(=O)N2C3CCNCC2CC3)c(C)n1C(C)c1ccccc1.Cl. The van der Waals surface area contributed by atoms with Crippen LogP contribution in [0.2, 0.25) is 0 Å². The Balaban J connectivity index is 0.00000210. The lowest BCUT2D eigenvalue weighted by atomic mass is 10.1. The maximum atomic E-state index is 13.4. The number of amides is 1. The predicted molar refractivity (Wildman–Crippen MR) is 112 cm³/mol. The number of hydrogen-bond donors (Lipinski definition) is 1. The van der Waals surface area contributed by atoms with Gasteiger partial charge in [0.15, 0.2) is 0 Å². The Bertz CT molecular complexity index is 787. The fourth-order valence-electron chi connectivity index (χ4n) is 4.92. The first kappa shape index (κ1) is 20.0. The number of aryl methyl sites for hydroxylation is 1. The van der Waals surface area contributed by atoms with Crippen LogP contribution in [0, 0.1) is 13.8 Å². The molecule has 146 valence electrons. The minimum atomic E-state index is 0. The van der Waals surface area contributed by atoms with Crippen LogP contribution in [0.1, 0.15) is 59.5 Å². The first-order valence-corrected chi connectivity index (χ1v) is 9.84. The predicted octanol–water partition coefficient (Wildman–Crippen LogP) is 4.10. The summed E-state index contributed by atoms with van der Waals surface area (Å²) in [6, 6.07) is 13.6. The third-order valence-electron chi connectivity index (χ3n) is 6.27. The minimum absolute atomic E-state index is 0. The Hall–Kier alpha value is -1.78. The van der Waals surface area contributed by atoms with Crippen LogP contribution < -0.4 is 5.32 Å². The second kappa shape index (κ2) is 8.07. The molecule has 0 radical (unpaired) electrons. The summed E-state index contributed by atoms with van der Waals surface area (Å²) in [6.07, 6.45) is 3.35. The van der Waals surface area contributed by atoms with Gasteiger partial charge in [0.2, 0.25) is 0 Å². The van der Waals surface area contributed by atoms with Gasteiger partial charge in [0.1, 0.15) is 0 Å². The molecule has 1 aromatic heterocycles. The monoisotopic (exact) mass is 387 g/mol. The second-order valence-corrected chi connectivity index (χ2v) is 7.83. The molecule has 1 aromatic carbocycles. The molecule has 3 atom stereocenters. The van der Waals surface area contributed by atoms with E-state index in [2.05, 4.69) is 65.9 Å². The first-order chi connectivity index (χ1) is 12.6. The lowest BCUT2D eigenvalue weighted by molar-refractivity contribution is 0.0679. The average molecular weight is 388 g/mol. The summed E-state index contributed by atoms with van der Waals surface area (Å²) in [7, 11) is 0. The highest BCUT2D eigenvalue weighted by atomic mass is 35.5. The smallest absolute Gasteiger partial charge is 0.256 e. The molecule has 2 saturated heterocycles. The van der Waals surface area contributed by atoms with Gasteiger partial charge < -0.3 is 14.8 Å². The molecule has 0 aliphatic carbocycles. The minimum Gasteiger partial charge on any atom is -0.341 e. The molecule has 2 aromatic rings. The molecule has 1 amide bonds. The van der Waals surface area contributed by atoms with E-state index in [0.29, 0.717) is 12.1 Å². The molecule has 0 saturated carbocycles. The largest absolute Gasteiger partial charge is 0.341 e. The van der Waals surface area contributed by atoms with Crippen molar-refractivity contribution in [1.82, 2.24) is 14.8 Å². The van der Waals surface area contributed by atoms with E-state index in [-0.39, 0.29) is 24.4 Å². The Morgan fingerprint density at radius 2 is 1.81 bits per heavy atom. The number of carbonyl (C=O) groups is 1. The van der Waals surface area contributed by atoms with E-state index in [9.17, 15) is 4.79 Å². The topological polar surface area (TPSA) is 37.3 Å². The van der Waals surface area contributed by atoms with Crippen molar-refractivity contribution in [3.63, 3.8) is 0 Å². The third-order valence-corrected chi connectivity index (χ3v) is 6.27. The van der Waals surface area contributed by atoms with Gasteiger partial charge in [0.05, 0.1) is 11.6 Å². The van der Waals surface area contributed by atoms with Crippen molar-refractivity contribution in [1.29, 1.82) is 0 Å². The van der Waals surface area contributed by atoms with E-state index in [1.165, 1.54) is 5.56 Å². The summed E-state index contributed by atoms with van der Waals surface area (Å²) < 4.78 is 2.31.